The largest absolute Gasteiger partial charge is 0.380 e. The number of rotatable bonds is 4. The van der Waals surface area contributed by atoms with Crippen molar-refractivity contribution in [3.63, 3.8) is 0 Å². The third-order valence-corrected chi connectivity index (χ3v) is 3.96. The summed E-state index contributed by atoms with van der Waals surface area (Å²) in [7, 11) is 2.11. The Balaban J connectivity index is 1.83. The van der Waals surface area contributed by atoms with Crippen molar-refractivity contribution in [1.82, 2.24) is 9.80 Å². The van der Waals surface area contributed by atoms with Crippen molar-refractivity contribution >= 4 is 21.6 Å². The number of benzene rings is 1. The van der Waals surface area contributed by atoms with Crippen molar-refractivity contribution in [2.75, 3.05) is 51.6 Å². The molecule has 0 bridgehead atoms. The second kappa shape index (κ2) is 6.63. The first kappa shape index (κ1) is 14.7. The summed E-state index contributed by atoms with van der Waals surface area (Å²) in [5, 5.41) is 3.02. The lowest BCUT2D eigenvalue weighted by Gasteiger charge is -2.32. The Labute approximate surface area is 120 Å². The second-order valence-electron chi connectivity index (χ2n) is 4.82. The van der Waals surface area contributed by atoms with E-state index < -0.39 is 11.6 Å². The van der Waals surface area contributed by atoms with Crippen molar-refractivity contribution in [2.24, 2.45) is 0 Å². The van der Waals surface area contributed by atoms with Gasteiger partial charge in [0.1, 0.15) is 11.6 Å². The number of piperazine rings is 1. The van der Waals surface area contributed by atoms with Crippen LogP contribution in [0.2, 0.25) is 0 Å². The number of halogens is 3. The Morgan fingerprint density at radius 3 is 2.53 bits per heavy atom. The molecule has 0 saturated carbocycles. The zero-order valence-electron chi connectivity index (χ0n) is 10.9. The van der Waals surface area contributed by atoms with Crippen molar-refractivity contribution in [1.29, 1.82) is 0 Å². The van der Waals surface area contributed by atoms with Gasteiger partial charge in [0.15, 0.2) is 0 Å². The third kappa shape index (κ3) is 4.12. The van der Waals surface area contributed by atoms with Crippen molar-refractivity contribution < 1.29 is 8.78 Å². The van der Waals surface area contributed by atoms with Crippen LogP contribution in [-0.2, 0) is 0 Å². The molecule has 1 N–H and O–H groups in total. The average molecular weight is 334 g/mol. The van der Waals surface area contributed by atoms with Crippen LogP contribution in [0.15, 0.2) is 16.6 Å². The van der Waals surface area contributed by atoms with Crippen LogP contribution in [0.1, 0.15) is 0 Å². The quantitative estimate of drug-likeness (QED) is 0.912. The monoisotopic (exact) mass is 333 g/mol. The number of hydrogen-bond donors (Lipinski definition) is 1. The third-order valence-electron chi connectivity index (χ3n) is 3.33. The molecule has 0 spiro atoms. The number of likely N-dealkylation sites (N-methyl/N-ethyl adjacent to an activating group) is 1. The Kier molecular flexibility index (Phi) is 5.13. The lowest BCUT2D eigenvalue weighted by Crippen LogP contribution is -2.45. The van der Waals surface area contributed by atoms with E-state index in [9.17, 15) is 8.78 Å². The highest BCUT2D eigenvalue weighted by molar-refractivity contribution is 9.10. The van der Waals surface area contributed by atoms with Crippen LogP contribution in [0, 0.1) is 11.6 Å². The summed E-state index contributed by atoms with van der Waals surface area (Å²) < 4.78 is 26.9. The molecular weight excluding hydrogens is 316 g/mol. The summed E-state index contributed by atoms with van der Waals surface area (Å²) >= 11 is 3.17. The summed E-state index contributed by atoms with van der Waals surface area (Å²) in [6, 6.07) is 2.16. The minimum Gasteiger partial charge on any atom is -0.380 e. The van der Waals surface area contributed by atoms with E-state index in [4.69, 9.17) is 0 Å². The molecule has 0 unspecified atom stereocenters. The lowest BCUT2D eigenvalue weighted by atomic mass is 10.3. The highest BCUT2D eigenvalue weighted by Gasteiger charge is 2.14. The minimum atomic E-state index is -0.575. The number of anilines is 1. The first-order valence-corrected chi connectivity index (χ1v) is 7.15. The molecule has 1 aromatic carbocycles. The molecule has 1 aliphatic rings. The summed E-state index contributed by atoms with van der Waals surface area (Å²) in [4.78, 5) is 4.63. The summed E-state index contributed by atoms with van der Waals surface area (Å²) in [5.74, 6) is -1.14. The van der Waals surface area contributed by atoms with Crippen molar-refractivity contribution in [2.45, 2.75) is 0 Å². The van der Waals surface area contributed by atoms with Crippen LogP contribution in [0.4, 0.5) is 14.5 Å². The maximum Gasteiger partial charge on any atom is 0.150 e. The van der Waals surface area contributed by atoms with Crippen LogP contribution in [0.25, 0.3) is 0 Å². The molecule has 0 aliphatic carbocycles. The van der Waals surface area contributed by atoms with E-state index >= 15 is 0 Å². The van der Waals surface area contributed by atoms with E-state index in [2.05, 4.69) is 38.1 Å². The van der Waals surface area contributed by atoms with Gasteiger partial charge in [-0.3, -0.25) is 4.90 Å². The van der Waals surface area contributed by atoms with Crippen LogP contribution in [0.5, 0.6) is 0 Å². The first-order chi connectivity index (χ1) is 9.06. The topological polar surface area (TPSA) is 18.5 Å². The van der Waals surface area contributed by atoms with Crippen LogP contribution >= 0.6 is 15.9 Å². The predicted octanol–water partition coefficient (Wildman–Crippen LogP) is 2.39. The molecule has 0 aromatic heterocycles. The molecule has 1 aromatic rings. The van der Waals surface area contributed by atoms with Gasteiger partial charge < -0.3 is 10.2 Å². The van der Waals surface area contributed by atoms with Gasteiger partial charge in [-0.1, -0.05) is 0 Å². The van der Waals surface area contributed by atoms with Crippen LogP contribution in [-0.4, -0.2) is 56.1 Å². The van der Waals surface area contributed by atoms with E-state index in [0.29, 0.717) is 16.7 Å². The Hall–Kier alpha value is -0.720. The van der Waals surface area contributed by atoms with Gasteiger partial charge in [-0.25, -0.2) is 8.78 Å². The number of hydrogen-bond acceptors (Lipinski definition) is 3. The molecule has 1 heterocycles. The van der Waals surface area contributed by atoms with Gasteiger partial charge >= 0.3 is 0 Å². The molecule has 1 fully saturated rings. The molecule has 19 heavy (non-hydrogen) atoms. The minimum absolute atomic E-state index is 0.329. The van der Waals surface area contributed by atoms with E-state index in [1.165, 1.54) is 6.07 Å². The molecule has 1 aliphatic heterocycles. The lowest BCUT2D eigenvalue weighted by molar-refractivity contribution is 0.158. The molecule has 6 heteroatoms. The fraction of sp³-hybridized carbons (Fsp3) is 0.538. The fourth-order valence-electron chi connectivity index (χ4n) is 2.12. The highest BCUT2D eigenvalue weighted by Crippen LogP contribution is 2.26. The Bertz CT molecular complexity index is 411. The highest BCUT2D eigenvalue weighted by atomic mass is 79.9. The Morgan fingerprint density at radius 1 is 1.21 bits per heavy atom. The zero-order valence-corrected chi connectivity index (χ0v) is 12.5. The summed E-state index contributed by atoms with van der Waals surface area (Å²) in [6.07, 6.45) is 0. The molecule has 0 atom stereocenters. The predicted molar refractivity (Wildman–Crippen MR) is 76.5 cm³/mol. The van der Waals surface area contributed by atoms with Crippen molar-refractivity contribution in [3.05, 3.63) is 28.2 Å². The average Bonchev–Trinajstić information content (AvgIpc) is 2.34. The SMILES string of the molecule is CN1CCN(CCNc2c(F)cc(F)cc2Br)CC1. The van der Waals surface area contributed by atoms with Gasteiger partial charge in [0.2, 0.25) is 0 Å². The van der Waals surface area contributed by atoms with Crippen LogP contribution < -0.4 is 5.32 Å². The maximum atomic E-state index is 13.6. The second-order valence-corrected chi connectivity index (χ2v) is 5.67. The summed E-state index contributed by atoms with van der Waals surface area (Å²) in [6.45, 7) is 5.70. The number of nitrogens with zero attached hydrogens (tertiary/aromatic N) is 2. The first-order valence-electron chi connectivity index (χ1n) is 6.35. The standard InChI is InChI=1S/C13H18BrF2N3/c1-18-4-6-19(7-5-18)3-2-17-13-11(14)8-10(15)9-12(13)16/h8-9,17H,2-7H2,1H3. The molecule has 2 rings (SSSR count). The van der Waals surface area contributed by atoms with E-state index in [1.807, 2.05) is 0 Å². The smallest absolute Gasteiger partial charge is 0.150 e. The summed E-state index contributed by atoms with van der Waals surface area (Å²) in [5.41, 5.74) is 0.329. The van der Waals surface area contributed by atoms with Crippen LogP contribution in [0.3, 0.4) is 0 Å². The van der Waals surface area contributed by atoms with Gasteiger partial charge in [-0.15, -0.1) is 0 Å². The molecule has 1 saturated heterocycles. The number of nitrogens with one attached hydrogen (secondary N) is 1. The fourth-order valence-corrected chi connectivity index (χ4v) is 2.67. The van der Waals surface area contributed by atoms with Crippen molar-refractivity contribution in [3.8, 4) is 0 Å². The zero-order chi connectivity index (χ0) is 13.8. The van der Waals surface area contributed by atoms with Gasteiger partial charge in [-0.05, 0) is 29.0 Å². The van der Waals surface area contributed by atoms with Gasteiger partial charge in [0.05, 0.1) is 5.69 Å². The van der Waals surface area contributed by atoms with E-state index in [0.717, 1.165) is 38.8 Å². The molecular formula is C13H18BrF2N3. The van der Waals surface area contributed by atoms with Gasteiger partial charge in [-0.2, -0.15) is 0 Å². The molecule has 0 amide bonds. The van der Waals surface area contributed by atoms with Gasteiger partial charge in [0, 0.05) is 49.8 Å². The maximum absolute atomic E-state index is 13.6. The molecule has 3 nitrogen and oxygen atoms in total. The molecule has 0 radical (unpaired) electrons. The van der Waals surface area contributed by atoms with Gasteiger partial charge in [0.25, 0.3) is 0 Å². The van der Waals surface area contributed by atoms with E-state index in [1.54, 1.807) is 0 Å². The normalized spacial score (nSPS) is 17.7. The molecule has 106 valence electrons. The Morgan fingerprint density at radius 2 is 1.89 bits per heavy atom. The van der Waals surface area contributed by atoms with E-state index in [-0.39, 0.29) is 0 Å².